The van der Waals surface area contributed by atoms with Crippen LogP contribution in [0.3, 0.4) is 0 Å². The fourth-order valence-electron chi connectivity index (χ4n) is 3.92. The van der Waals surface area contributed by atoms with Gasteiger partial charge in [0.05, 0.1) is 14.2 Å². The van der Waals surface area contributed by atoms with E-state index >= 15 is 0 Å². The highest BCUT2D eigenvalue weighted by Gasteiger charge is 2.29. The van der Waals surface area contributed by atoms with E-state index in [0.29, 0.717) is 47.3 Å². The van der Waals surface area contributed by atoms with Crippen LogP contribution in [0, 0.1) is 11.7 Å². The number of ether oxygens (including phenoxy) is 2. The number of tetrazole rings is 1. The number of methoxy groups -OCH3 is 2. The van der Waals surface area contributed by atoms with E-state index < -0.39 is 6.04 Å². The number of nitrogens with zero attached hydrogens (tertiary/aromatic N) is 5. The van der Waals surface area contributed by atoms with Gasteiger partial charge in [0.1, 0.15) is 18.4 Å². The van der Waals surface area contributed by atoms with Crippen LogP contribution in [0.2, 0.25) is 0 Å². The van der Waals surface area contributed by atoms with E-state index in [4.69, 9.17) is 9.47 Å². The molecule has 3 aromatic rings. The number of carbonyl (C=O) groups excluding carboxylic acids is 2. The lowest BCUT2D eigenvalue weighted by Gasteiger charge is -2.30. The maximum atomic E-state index is 13.5. The highest BCUT2D eigenvalue weighted by atomic mass is 19.1. The van der Waals surface area contributed by atoms with Crippen LogP contribution in [0.1, 0.15) is 39.2 Å². The summed E-state index contributed by atoms with van der Waals surface area (Å²) >= 11 is 0. The predicted octanol–water partition coefficient (Wildman–Crippen LogP) is 3.47. The molecule has 0 aliphatic carbocycles. The van der Waals surface area contributed by atoms with Gasteiger partial charge in [0.15, 0.2) is 11.5 Å². The van der Waals surface area contributed by atoms with Crippen molar-refractivity contribution >= 4 is 11.8 Å². The van der Waals surface area contributed by atoms with Crippen LogP contribution in [0.4, 0.5) is 4.39 Å². The lowest BCUT2D eigenvalue weighted by Crippen LogP contribution is -2.50. The molecule has 0 radical (unpaired) electrons. The predicted molar refractivity (Wildman–Crippen MR) is 140 cm³/mol. The second kappa shape index (κ2) is 13.5. The monoisotopic (exact) mass is 526 g/mol. The average molecular weight is 527 g/mol. The van der Waals surface area contributed by atoms with Gasteiger partial charge in [0.25, 0.3) is 0 Å². The highest BCUT2D eigenvalue weighted by molar-refractivity contribution is 5.87. The topological polar surface area (TPSA) is 111 Å². The largest absolute Gasteiger partial charge is 0.493 e. The molecular formula is C27H35FN6O4. The lowest BCUT2D eigenvalue weighted by molar-refractivity contribution is -0.142. The molecule has 0 aliphatic heterocycles. The Morgan fingerprint density at radius 3 is 2.42 bits per heavy atom. The van der Waals surface area contributed by atoms with Gasteiger partial charge in [0, 0.05) is 18.7 Å². The molecule has 1 heterocycles. The van der Waals surface area contributed by atoms with Crippen LogP contribution < -0.4 is 14.8 Å². The summed E-state index contributed by atoms with van der Waals surface area (Å²) in [4.78, 5) is 29.2. The molecule has 3 rings (SSSR count). The normalized spacial score (nSPS) is 11.8. The highest BCUT2D eigenvalue weighted by Crippen LogP contribution is 2.30. The molecule has 2 aromatic carbocycles. The first kappa shape index (κ1) is 28.5. The third-order valence-electron chi connectivity index (χ3n) is 6.04. The standard InChI is InChI=1S/C27H35FN6O4/c1-6-22(27(36)29-14-13-18(2)3)33(16-19-7-10-21(28)11-8-19)25(35)17-34-31-26(30-32-34)20-9-12-23(37-4)24(15-20)38-5/h7-12,15,18,22H,6,13-14,16-17H2,1-5H3,(H,29,36)/t22-/m0/s1. The van der Waals surface area contributed by atoms with E-state index in [2.05, 4.69) is 34.6 Å². The van der Waals surface area contributed by atoms with Gasteiger partial charge in [-0.05, 0) is 59.9 Å². The van der Waals surface area contributed by atoms with Gasteiger partial charge in [-0.1, -0.05) is 32.9 Å². The van der Waals surface area contributed by atoms with Crippen LogP contribution in [-0.2, 0) is 22.7 Å². The molecule has 2 amide bonds. The zero-order valence-corrected chi connectivity index (χ0v) is 22.5. The summed E-state index contributed by atoms with van der Waals surface area (Å²) < 4.78 is 24.1. The van der Waals surface area contributed by atoms with Crippen molar-refractivity contribution in [2.24, 2.45) is 5.92 Å². The number of hydrogen-bond acceptors (Lipinski definition) is 7. The third-order valence-corrected chi connectivity index (χ3v) is 6.04. The van der Waals surface area contributed by atoms with Crippen molar-refractivity contribution in [3.05, 3.63) is 53.8 Å². The van der Waals surface area contributed by atoms with Gasteiger partial charge in [-0.3, -0.25) is 9.59 Å². The van der Waals surface area contributed by atoms with Gasteiger partial charge >= 0.3 is 0 Å². The zero-order valence-electron chi connectivity index (χ0n) is 22.5. The van der Waals surface area contributed by atoms with Crippen LogP contribution in [0.5, 0.6) is 11.5 Å². The molecule has 1 aromatic heterocycles. The number of aromatic nitrogens is 4. The molecule has 1 atom stereocenters. The van der Waals surface area contributed by atoms with E-state index in [1.807, 2.05) is 6.92 Å². The molecule has 0 fully saturated rings. The smallest absolute Gasteiger partial charge is 0.247 e. The van der Waals surface area contributed by atoms with Crippen molar-refractivity contribution in [2.75, 3.05) is 20.8 Å². The van der Waals surface area contributed by atoms with Crippen molar-refractivity contribution in [3.63, 3.8) is 0 Å². The summed E-state index contributed by atoms with van der Waals surface area (Å²) in [6, 6.07) is 10.4. The third kappa shape index (κ3) is 7.50. The summed E-state index contributed by atoms with van der Waals surface area (Å²) in [6.07, 6.45) is 1.23. The van der Waals surface area contributed by atoms with Gasteiger partial charge in [0.2, 0.25) is 17.6 Å². The van der Waals surface area contributed by atoms with Crippen molar-refractivity contribution < 1.29 is 23.5 Å². The molecule has 10 nitrogen and oxygen atoms in total. The van der Waals surface area contributed by atoms with Crippen molar-refractivity contribution in [3.8, 4) is 22.9 Å². The van der Waals surface area contributed by atoms with E-state index in [-0.39, 0.29) is 30.7 Å². The number of benzene rings is 2. The summed E-state index contributed by atoms with van der Waals surface area (Å²) in [7, 11) is 3.08. The molecule has 204 valence electrons. The Morgan fingerprint density at radius 1 is 1.08 bits per heavy atom. The molecule has 0 saturated carbocycles. The molecule has 0 aliphatic rings. The van der Waals surface area contributed by atoms with Crippen molar-refractivity contribution in [2.45, 2.75) is 52.7 Å². The fourth-order valence-corrected chi connectivity index (χ4v) is 3.92. The Morgan fingerprint density at radius 2 is 1.79 bits per heavy atom. The fraction of sp³-hybridized carbons (Fsp3) is 0.444. The van der Waals surface area contributed by atoms with E-state index in [0.717, 1.165) is 6.42 Å². The molecule has 0 bridgehead atoms. The minimum Gasteiger partial charge on any atom is -0.493 e. The quantitative estimate of drug-likeness (QED) is 0.363. The SMILES string of the molecule is CC[C@@H](C(=O)NCCC(C)C)N(Cc1ccc(F)cc1)C(=O)Cn1nnc(-c2ccc(OC)c(OC)c2)n1. The summed E-state index contributed by atoms with van der Waals surface area (Å²) in [6.45, 7) is 6.43. The number of hydrogen-bond donors (Lipinski definition) is 1. The Bertz CT molecular complexity index is 1210. The van der Waals surface area contributed by atoms with Crippen molar-refractivity contribution in [1.82, 2.24) is 30.4 Å². The first-order valence-corrected chi connectivity index (χ1v) is 12.6. The molecule has 1 N–H and O–H groups in total. The Balaban J connectivity index is 1.81. The first-order valence-electron chi connectivity index (χ1n) is 12.6. The maximum Gasteiger partial charge on any atom is 0.247 e. The van der Waals surface area contributed by atoms with Gasteiger partial charge < -0.3 is 19.7 Å². The summed E-state index contributed by atoms with van der Waals surface area (Å²) in [5, 5.41) is 15.4. The molecule has 0 spiro atoms. The Kier molecular flexibility index (Phi) is 10.1. The zero-order chi connectivity index (χ0) is 27.7. The van der Waals surface area contributed by atoms with Gasteiger partial charge in [-0.25, -0.2) is 4.39 Å². The van der Waals surface area contributed by atoms with Gasteiger partial charge in [-0.15, -0.1) is 10.2 Å². The number of amides is 2. The number of rotatable bonds is 13. The van der Waals surface area contributed by atoms with E-state index in [9.17, 15) is 14.0 Å². The number of carbonyl (C=O) groups is 2. The molecule has 0 saturated heterocycles. The van der Waals surface area contributed by atoms with Crippen LogP contribution >= 0.6 is 0 Å². The van der Waals surface area contributed by atoms with E-state index in [1.165, 1.54) is 28.9 Å². The Labute approximate surface area is 222 Å². The summed E-state index contributed by atoms with van der Waals surface area (Å²) in [5.74, 6) is 0.842. The molecule has 11 heteroatoms. The van der Waals surface area contributed by atoms with Crippen LogP contribution in [0.15, 0.2) is 42.5 Å². The molecule has 0 unspecified atom stereocenters. The minimum absolute atomic E-state index is 0.131. The maximum absolute atomic E-state index is 13.5. The Hall–Kier alpha value is -4.02. The first-order chi connectivity index (χ1) is 18.2. The van der Waals surface area contributed by atoms with Crippen LogP contribution in [-0.4, -0.2) is 63.7 Å². The average Bonchev–Trinajstić information content (AvgIpc) is 3.37. The summed E-state index contributed by atoms with van der Waals surface area (Å²) in [5.41, 5.74) is 1.34. The van der Waals surface area contributed by atoms with Gasteiger partial charge in [-0.2, -0.15) is 4.80 Å². The minimum atomic E-state index is -0.714. The van der Waals surface area contributed by atoms with Crippen molar-refractivity contribution in [1.29, 1.82) is 0 Å². The second-order valence-electron chi connectivity index (χ2n) is 9.26. The molecule has 38 heavy (non-hydrogen) atoms. The second-order valence-corrected chi connectivity index (χ2v) is 9.26. The number of halogens is 1. The molecular weight excluding hydrogens is 491 g/mol. The van der Waals surface area contributed by atoms with E-state index in [1.54, 1.807) is 37.4 Å². The lowest BCUT2D eigenvalue weighted by atomic mass is 10.1. The van der Waals surface area contributed by atoms with Crippen LogP contribution in [0.25, 0.3) is 11.4 Å². The number of nitrogens with one attached hydrogen (secondary N) is 1.